The first-order chi connectivity index (χ1) is 16.3. The van der Waals surface area contributed by atoms with E-state index in [0.29, 0.717) is 18.7 Å². The fourth-order valence-electron chi connectivity index (χ4n) is 3.44. The van der Waals surface area contributed by atoms with Crippen molar-refractivity contribution in [1.29, 1.82) is 0 Å². The number of aromatic nitrogens is 2. The van der Waals surface area contributed by atoms with E-state index in [9.17, 15) is 23.3 Å². The molecule has 1 aromatic heterocycles. The summed E-state index contributed by atoms with van der Waals surface area (Å²) in [4.78, 5) is 22.7. The Bertz CT molecular complexity index is 1310. The van der Waals surface area contributed by atoms with Crippen molar-refractivity contribution >= 4 is 21.7 Å². The molecule has 2 heterocycles. The summed E-state index contributed by atoms with van der Waals surface area (Å²) in [7, 11) is -2.47. The van der Waals surface area contributed by atoms with Gasteiger partial charge in [0.25, 0.3) is 11.6 Å². The van der Waals surface area contributed by atoms with Gasteiger partial charge in [0.1, 0.15) is 10.6 Å². The van der Waals surface area contributed by atoms with Crippen LogP contribution in [0, 0.1) is 10.1 Å². The van der Waals surface area contributed by atoms with Gasteiger partial charge in [0, 0.05) is 30.8 Å². The summed E-state index contributed by atoms with van der Waals surface area (Å²) in [5.74, 6) is -0.548. The van der Waals surface area contributed by atoms with Gasteiger partial charge in [0.2, 0.25) is 15.9 Å². The molecule has 3 aromatic rings. The minimum Gasteiger partial charge on any atom is -0.495 e. The molecule has 0 amide bonds. The molecule has 0 unspecified atom stereocenters. The van der Waals surface area contributed by atoms with Crippen LogP contribution < -0.4 is 4.74 Å². The molecule has 0 aliphatic carbocycles. The summed E-state index contributed by atoms with van der Waals surface area (Å²) < 4.78 is 43.2. The van der Waals surface area contributed by atoms with E-state index in [2.05, 4.69) is 10.2 Å². The van der Waals surface area contributed by atoms with Crippen LogP contribution in [0.3, 0.4) is 0 Å². The van der Waals surface area contributed by atoms with Crippen LogP contribution in [-0.2, 0) is 21.4 Å². The van der Waals surface area contributed by atoms with Gasteiger partial charge in [-0.25, -0.2) is 13.2 Å². The van der Waals surface area contributed by atoms with Crippen LogP contribution in [0.1, 0.15) is 29.1 Å². The molecule has 0 radical (unpaired) electrons. The lowest BCUT2D eigenvalue weighted by atomic mass is 10.2. The second-order valence-electron chi connectivity index (χ2n) is 7.36. The molecule has 1 fully saturated rings. The predicted octanol–water partition coefficient (Wildman–Crippen LogP) is 2.79. The van der Waals surface area contributed by atoms with E-state index in [-0.39, 0.29) is 40.3 Å². The maximum atomic E-state index is 13.0. The molecule has 0 N–H and O–H groups in total. The first-order valence-corrected chi connectivity index (χ1v) is 11.7. The molecule has 0 bridgehead atoms. The number of methoxy groups -OCH3 is 1. The Morgan fingerprint density at radius 1 is 1.15 bits per heavy atom. The van der Waals surface area contributed by atoms with Gasteiger partial charge in [0.05, 0.1) is 17.6 Å². The molecular formula is C21H20N4O8S. The van der Waals surface area contributed by atoms with E-state index in [1.54, 1.807) is 0 Å². The zero-order valence-electron chi connectivity index (χ0n) is 18.0. The summed E-state index contributed by atoms with van der Waals surface area (Å²) in [6.07, 6.45) is 1.55. The van der Waals surface area contributed by atoms with Gasteiger partial charge < -0.3 is 13.9 Å². The van der Waals surface area contributed by atoms with Crippen LogP contribution in [0.5, 0.6) is 5.75 Å². The molecule has 13 heteroatoms. The number of rotatable bonds is 8. The Kier molecular flexibility index (Phi) is 6.56. The molecule has 0 spiro atoms. The molecule has 1 aliphatic rings. The average Bonchev–Trinajstić information content (AvgIpc) is 3.55. The Labute approximate surface area is 194 Å². The molecule has 178 valence electrons. The molecule has 0 atom stereocenters. The first kappa shape index (κ1) is 23.3. The summed E-state index contributed by atoms with van der Waals surface area (Å²) in [5, 5.41) is 18.4. The average molecular weight is 488 g/mol. The minimum atomic E-state index is -3.82. The molecule has 0 saturated carbocycles. The maximum absolute atomic E-state index is 13.0. The number of sulfonamides is 1. The van der Waals surface area contributed by atoms with Crippen LogP contribution in [0.25, 0.3) is 11.5 Å². The zero-order valence-corrected chi connectivity index (χ0v) is 18.9. The van der Waals surface area contributed by atoms with E-state index in [0.717, 1.165) is 12.8 Å². The fraction of sp³-hybridized carbons (Fsp3) is 0.286. The number of benzene rings is 2. The standard InChI is InChI=1S/C21H20N4O8S/c1-31-17-9-6-15(12-18(17)34(29,30)24-10-2-3-11-24)21(26)32-13-19-22-23-20(33-19)14-4-7-16(8-5-14)25(27)28/h4-9,12H,2-3,10-11,13H2,1H3. The lowest BCUT2D eigenvalue weighted by Gasteiger charge is -2.18. The maximum Gasteiger partial charge on any atom is 0.338 e. The van der Waals surface area contributed by atoms with Gasteiger partial charge in [-0.2, -0.15) is 4.31 Å². The highest BCUT2D eigenvalue weighted by molar-refractivity contribution is 7.89. The molecule has 1 aliphatic heterocycles. The lowest BCUT2D eigenvalue weighted by Crippen LogP contribution is -2.28. The SMILES string of the molecule is COc1ccc(C(=O)OCc2nnc(-c3ccc([N+](=O)[O-])cc3)o2)cc1S(=O)(=O)N1CCCC1. The first-order valence-electron chi connectivity index (χ1n) is 10.2. The van der Waals surface area contributed by atoms with Gasteiger partial charge in [-0.15, -0.1) is 10.2 Å². The molecule has 2 aromatic carbocycles. The number of nitrogens with zero attached hydrogens (tertiary/aromatic N) is 4. The second-order valence-corrected chi connectivity index (χ2v) is 9.26. The quantitative estimate of drug-likeness (QED) is 0.262. The van der Waals surface area contributed by atoms with Crippen molar-refractivity contribution in [1.82, 2.24) is 14.5 Å². The van der Waals surface area contributed by atoms with Crippen molar-refractivity contribution in [2.75, 3.05) is 20.2 Å². The van der Waals surface area contributed by atoms with E-state index in [1.807, 2.05) is 0 Å². The number of carbonyl (C=O) groups is 1. The molecular weight excluding hydrogens is 468 g/mol. The largest absolute Gasteiger partial charge is 0.495 e. The second kappa shape index (κ2) is 9.57. The number of carbonyl (C=O) groups excluding carboxylic acids is 1. The van der Waals surface area contributed by atoms with Gasteiger partial charge in [-0.1, -0.05) is 0 Å². The van der Waals surface area contributed by atoms with Crippen molar-refractivity contribution in [3.8, 4) is 17.2 Å². The number of nitro benzene ring substituents is 1. The predicted molar refractivity (Wildman–Crippen MR) is 116 cm³/mol. The van der Waals surface area contributed by atoms with Crippen LogP contribution in [0.15, 0.2) is 51.8 Å². The van der Waals surface area contributed by atoms with Crippen molar-refractivity contribution in [2.45, 2.75) is 24.3 Å². The monoisotopic (exact) mass is 488 g/mol. The third kappa shape index (κ3) is 4.75. The van der Waals surface area contributed by atoms with E-state index >= 15 is 0 Å². The number of ether oxygens (including phenoxy) is 2. The summed E-state index contributed by atoms with van der Waals surface area (Å²) in [5.41, 5.74) is 0.402. The lowest BCUT2D eigenvalue weighted by molar-refractivity contribution is -0.384. The van der Waals surface area contributed by atoms with E-state index < -0.39 is 20.9 Å². The van der Waals surface area contributed by atoms with Crippen molar-refractivity contribution < 1.29 is 32.0 Å². The topological polar surface area (TPSA) is 155 Å². The highest BCUT2D eigenvalue weighted by atomic mass is 32.2. The fourth-order valence-corrected chi connectivity index (χ4v) is 5.14. The molecule has 1 saturated heterocycles. The molecule has 4 rings (SSSR count). The van der Waals surface area contributed by atoms with Crippen LogP contribution in [0.4, 0.5) is 5.69 Å². The third-order valence-corrected chi connectivity index (χ3v) is 7.12. The molecule has 34 heavy (non-hydrogen) atoms. The summed E-state index contributed by atoms with van der Waals surface area (Å²) in [6, 6.07) is 9.56. The summed E-state index contributed by atoms with van der Waals surface area (Å²) in [6.45, 7) is 0.474. The Balaban J connectivity index is 1.47. The van der Waals surface area contributed by atoms with Crippen molar-refractivity contribution in [3.63, 3.8) is 0 Å². The zero-order chi connectivity index (χ0) is 24.3. The van der Waals surface area contributed by atoms with E-state index in [1.165, 1.54) is 53.9 Å². The van der Waals surface area contributed by atoms with Crippen LogP contribution in [-0.4, -0.2) is 54.0 Å². The number of nitro groups is 1. The number of non-ortho nitro benzene ring substituents is 1. The van der Waals surface area contributed by atoms with E-state index in [4.69, 9.17) is 13.9 Å². The number of hydrogen-bond acceptors (Lipinski definition) is 10. The van der Waals surface area contributed by atoms with Crippen molar-refractivity contribution in [2.24, 2.45) is 0 Å². The van der Waals surface area contributed by atoms with Gasteiger partial charge in [-0.3, -0.25) is 10.1 Å². The van der Waals surface area contributed by atoms with Gasteiger partial charge in [0.15, 0.2) is 6.61 Å². The summed E-state index contributed by atoms with van der Waals surface area (Å²) >= 11 is 0. The van der Waals surface area contributed by atoms with Crippen molar-refractivity contribution in [3.05, 3.63) is 64.0 Å². The van der Waals surface area contributed by atoms with Gasteiger partial charge >= 0.3 is 5.97 Å². The smallest absolute Gasteiger partial charge is 0.338 e. The Morgan fingerprint density at radius 3 is 2.50 bits per heavy atom. The molecule has 12 nitrogen and oxygen atoms in total. The Morgan fingerprint density at radius 2 is 1.85 bits per heavy atom. The number of hydrogen-bond donors (Lipinski definition) is 0. The normalized spacial score (nSPS) is 14.1. The highest BCUT2D eigenvalue weighted by Crippen LogP contribution is 2.30. The number of esters is 1. The minimum absolute atomic E-state index is 0.000117. The van der Waals surface area contributed by atoms with Gasteiger partial charge in [-0.05, 0) is 43.2 Å². The van der Waals surface area contributed by atoms with Crippen LogP contribution in [0.2, 0.25) is 0 Å². The van der Waals surface area contributed by atoms with Crippen LogP contribution >= 0.6 is 0 Å². The highest BCUT2D eigenvalue weighted by Gasteiger charge is 2.31. The third-order valence-electron chi connectivity index (χ3n) is 5.20. The Hall–Kier alpha value is -3.84.